The van der Waals surface area contributed by atoms with E-state index in [0.29, 0.717) is 16.7 Å². The van der Waals surface area contributed by atoms with Crippen LogP contribution in [-0.4, -0.2) is 0 Å². The van der Waals surface area contributed by atoms with Gasteiger partial charge in [0.05, 0.1) is 16.4 Å². The summed E-state index contributed by atoms with van der Waals surface area (Å²) in [4.78, 5) is 0. The Morgan fingerprint density at radius 2 is 0.797 bits per heavy atom. The normalized spacial score (nSPS) is 16.5. The van der Waals surface area contributed by atoms with Crippen molar-refractivity contribution in [1.29, 1.82) is 0 Å². The van der Waals surface area contributed by atoms with Crippen LogP contribution in [0.15, 0.2) is 206 Å². The molecule has 0 fully saturated rings. The van der Waals surface area contributed by atoms with Crippen LogP contribution < -0.4 is 0 Å². The molecule has 10 rings (SSSR count). The zero-order valence-corrected chi connectivity index (χ0v) is 33.9. The summed E-state index contributed by atoms with van der Waals surface area (Å²) in [5.74, 6) is 0. The fourth-order valence-corrected chi connectivity index (χ4v) is 9.99. The fraction of sp³-hybridized carbons (Fsp3) is 0.153. The molecule has 0 bridgehead atoms. The van der Waals surface area contributed by atoms with E-state index in [1.165, 1.54) is 0 Å². The van der Waals surface area contributed by atoms with E-state index in [9.17, 15) is 11.0 Å². The summed E-state index contributed by atoms with van der Waals surface area (Å²) in [5, 5.41) is 0.853. The zero-order valence-electron chi connectivity index (χ0n) is 41.9. The fourth-order valence-electron chi connectivity index (χ4n) is 9.99. The number of rotatable bonds is 7. The molecule has 9 aromatic rings. The molecule has 0 saturated carbocycles. The van der Waals surface area contributed by atoms with Gasteiger partial charge in [-0.3, -0.25) is 0 Å². The molecule has 1 aliphatic rings. The van der Waals surface area contributed by atoms with Gasteiger partial charge in [0.2, 0.25) is 0 Å². The van der Waals surface area contributed by atoms with Crippen LogP contribution in [0.1, 0.15) is 84.9 Å². The monoisotopic (exact) mass is 766 g/mol. The van der Waals surface area contributed by atoms with Crippen molar-refractivity contribution in [2.45, 2.75) is 56.8 Å². The summed E-state index contributed by atoms with van der Waals surface area (Å²) in [6.45, 7) is 8.89. The Morgan fingerprint density at radius 3 is 1.27 bits per heavy atom. The van der Waals surface area contributed by atoms with Gasteiger partial charge in [0, 0.05) is 0 Å². The van der Waals surface area contributed by atoms with Crippen LogP contribution in [0.4, 0.5) is 0 Å². The standard InChI is InChI=1S/C59H50/c1-57(2)39-40-58(3,4)56-52(57)38-37-47(41-21-9-5-10-22-41)55(56)54-50-31-19-17-29-48(50)53(49-30-18-20-32-51(49)54)42-33-35-46(36-34-42)59(43-23-11-6-12-24-43,44-25-13-7-14-26-44)45-27-15-8-16-28-45/h5-38H,39-40H2,1-4H3/i17D,18D,19D,20D,29D,30D,31D,32D. The van der Waals surface area contributed by atoms with Crippen molar-refractivity contribution in [3.8, 4) is 33.4 Å². The second kappa shape index (κ2) is 14.4. The molecule has 0 amide bonds. The van der Waals surface area contributed by atoms with E-state index in [1.54, 1.807) is 0 Å². The lowest BCUT2D eigenvalue weighted by atomic mass is 9.60. The van der Waals surface area contributed by atoms with E-state index in [0.717, 1.165) is 62.9 Å². The Hall–Kier alpha value is -6.50. The first-order valence-corrected chi connectivity index (χ1v) is 20.6. The first kappa shape index (κ1) is 28.8. The first-order valence-electron chi connectivity index (χ1n) is 24.6. The molecule has 0 aromatic heterocycles. The van der Waals surface area contributed by atoms with Crippen molar-refractivity contribution in [2.24, 2.45) is 0 Å². The highest BCUT2D eigenvalue weighted by molar-refractivity contribution is 6.23. The van der Waals surface area contributed by atoms with Gasteiger partial charge in [0.15, 0.2) is 0 Å². The third kappa shape index (κ3) is 5.96. The van der Waals surface area contributed by atoms with Crippen LogP contribution in [-0.2, 0) is 16.2 Å². The summed E-state index contributed by atoms with van der Waals surface area (Å²) in [5.41, 5.74) is 8.50. The zero-order chi connectivity index (χ0) is 47.2. The molecular formula is C59H50. The van der Waals surface area contributed by atoms with E-state index in [2.05, 4.69) is 88.4 Å². The molecule has 0 atom stereocenters. The number of benzene rings is 9. The predicted molar refractivity (Wildman–Crippen MR) is 251 cm³/mol. The largest absolute Gasteiger partial charge is 0.0701 e. The minimum atomic E-state index is -0.774. The Labute approximate surface area is 361 Å². The average Bonchev–Trinajstić information content (AvgIpc) is 3.35. The van der Waals surface area contributed by atoms with E-state index >= 15 is 0 Å². The second-order valence-corrected chi connectivity index (χ2v) is 17.2. The Kier molecular flexibility index (Phi) is 7.04. The highest BCUT2D eigenvalue weighted by atomic mass is 14.4. The first-order chi connectivity index (χ1) is 32.1. The van der Waals surface area contributed by atoms with Gasteiger partial charge in [-0.15, -0.1) is 0 Å². The van der Waals surface area contributed by atoms with Gasteiger partial charge in [-0.1, -0.05) is 234 Å². The number of hydrogen-bond donors (Lipinski definition) is 0. The van der Waals surface area contributed by atoms with Crippen LogP contribution in [0.5, 0.6) is 0 Å². The van der Waals surface area contributed by atoms with E-state index in [-0.39, 0.29) is 51.1 Å². The highest BCUT2D eigenvalue weighted by Crippen LogP contribution is 2.55. The Bertz CT molecular complexity index is 3220. The van der Waals surface area contributed by atoms with Gasteiger partial charge in [0.25, 0.3) is 0 Å². The predicted octanol–water partition coefficient (Wildman–Crippen LogP) is 15.7. The molecule has 0 radical (unpaired) electrons. The Morgan fingerprint density at radius 1 is 0.390 bits per heavy atom. The number of hydrogen-bond acceptors (Lipinski definition) is 0. The van der Waals surface area contributed by atoms with Gasteiger partial charge in [-0.05, 0) is 112 Å². The summed E-state index contributed by atoms with van der Waals surface area (Å²) < 4.78 is 76.2. The molecule has 0 nitrogen and oxygen atoms in total. The molecule has 0 heteroatoms. The third-order valence-corrected chi connectivity index (χ3v) is 12.9. The third-order valence-electron chi connectivity index (χ3n) is 12.9. The van der Waals surface area contributed by atoms with Crippen LogP contribution in [0, 0.1) is 0 Å². The molecule has 1 aliphatic carbocycles. The van der Waals surface area contributed by atoms with Gasteiger partial charge in [-0.25, -0.2) is 0 Å². The molecule has 0 spiro atoms. The summed E-state index contributed by atoms with van der Waals surface area (Å²) in [7, 11) is 0. The topological polar surface area (TPSA) is 0 Å². The van der Waals surface area contributed by atoms with Crippen molar-refractivity contribution in [1.82, 2.24) is 0 Å². The SMILES string of the molecule is [2H]c1c([2H])c([2H])c2c(-c3c(-c4ccccc4)ccc4c3C(C)(C)CCC4(C)C)c3c([2H])c([2H])c([2H])c([2H])c3c(-c3ccc(C(c4ccccc4)(c4ccccc4)c4ccccc4)cc3)c2c1[2H]. The average molecular weight is 767 g/mol. The summed E-state index contributed by atoms with van der Waals surface area (Å²) in [6, 6.07) is 50.5. The molecule has 0 unspecified atom stereocenters. The summed E-state index contributed by atoms with van der Waals surface area (Å²) in [6.07, 6.45) is 1.76. The lowest BCUT2D eigenvalue weighted by Gasteiger charge is -2.44. The minimum absolute atomic E-state index is 0.205. The van der Waals surface area contributed by atoms with Crippen molar-refractivity contribution in [3.05, 3.63) is 239 Å². The molecule has 0 heterocycles. The maximum Gasteiger partial charge on any atom is 0.0701 e. The number of fused-ring (bicyclic) bond motifs is 3. The van der Waals surface area contributed by atoms with Crippen molar-refractivity contribution < 1.29 is 11.0 Å². The van der Waals surface area contributed by atoms with Gasteiger partial charge >= 0.3 is 0 Å². The lowest BCUT2D eigenvalue weighted by molar-refractivity contribution is 0.333. The van der Waals surface area contributed by atoms with Crippen molar-refractivity contribution >= 4 is 21.5 Å². The highest BCUT2D eigenvalue weighted by Gasteiger charge is 2.41. The minimum Gasteiger partial charge on any atom is -0.0622 e. The smallest absolute Gasteiger partial charge is 0.0622 e. The maximum absolute atomic E-state index is 9.88. The molecule has 0 aliphatic heterocycles. The van der Waals surface area contributed by atoms with E-state index in [4.69, 9.17) is 0 Å². The van der Waals surface area contributed by atoms with Gasteiger partial charge in [-0.2, -0.15) is 0 Å². The lowest BCUT2D eigenvalue weighted by Crippen LogP contribution is -2.34. The quantitative estimate of drug-likeness (QED) is 0.112. The summed E-state index contributed by atoms with van der Waals surface area (Å²) >= 11 is 0. The van der Waals surface area contributed by atoms with Crippen LogP contribution >= 0.6 is 0 Å². The van der Waals surface area contributed by atoms with Gasteiger partial charge < -0.3 is 0 Å². The van der Waals surface area contributed by atoms with E-state index < -0.39 is 35.0 Å². The van der Waals surface area contributed by atoms with Crippen LogP contribution in [0.3, 0.4) is 0 Å². The van der Waals surface area contributed by atoms with Gasteiger partial charge in [0.1, 0.15) is 0 Å². The van der Waals surface area contributed by atoms with Crippen LogP contribution in [0.2, 0.25) is 0 Å². The Balaban J connectivity index is 1.40. The maximum atomic E-state index is 9.88. The molecular weight excluding hydrogens is 709 g/mol. The molecule has 59 heavy (non-hydrogen) atoms. The van der Waals surface area contributed by atoms with Crippen molar-refractivity contribution in [2.75, 3.05) is 0 Å². The molecule has 9 aromatic carbocycles. The van der Waals surface area contributed by atoms with Crippen LogP contribution in [0.25, 0.3) is 54.9 Å². The second-order valence-electron chi connectivity index (χ2n) is 17.2. The van der Waals surface area contributed by atoms with Crippen molar-refractivity contribution in [3.63, 3.8) is 0 Å². The molecule has 286 valence electrons. The molecule has 0 saturated heterocycles. The van der Waals surface area contributed by atoms with E-state index in [1.807, 2.05) is 97.1 Å². The molecule has 0 N–H and O–H groups in total.